The van der Waals surface area contributed by atoms with Crippen molar-refractivity contribution in [3.8, 4) is 11.5 Å². The zero-order valence-electron chi connectivity index (χ0n) is 11.0. The van der Waals surface area contributed by atoms with Crippen LogP contribution in [0, 0.1) is 0 Å². The van der Waals surface area contributed by atoms with Crippen LogP contribution in [0.1, 0.15) is 17.3 Å². The molecule has 20 heavy (non-hydrogen) atoms. The van der Waals surface area contributed by atoms with E-state index in [1.165, 1.54) is 0 Å². The van der Waals surface area contributed by atoms with E-state index in [-0.39, 0.29) is 31.5 Å². The van der Waals surface area contributed by atoms with Crippen LogP contribution in [0.2, 0.25) is 0 Å². The molecule has 1 amide bonds. The summed E-state index contributed by atoms with van der Waals surface area (Å²) < 4.78 is 35.1. The molecule has 7 nitrogen and oxygen atoms in total. The average Bonchev–Trinajstić information content (AvgIpc) is 2.90. The number of carbonyl (C=O) groups is 1. The van der Waals surface area contributed by atoms with Gasteiger partial charge in [0.1, 0.15) is 0 Å². The van der Waals surface area contributed by atoms with Gasteiger partial charge in [0.05, 0.1) is 5.75 Å². The smallest absolute Gasteiger partial charge is 0.251 e. The fraction of sp³-hybridized carbons (Fsp3) is 0.417. The minimum atomic E-state index is -3.23. The number of benzene rings is 1. The molecule has 0 bridgehead atoms. The quantitative estimate of drug-likeness (QED) is 0.726. The molecule has 1 heterocycles. The standard InChI is InChI=1S/C12H16N2O5S/c1-2-20(16,17)14-6-5-13-12(15)9-3-4-10-11(7-9)19-8-18-10/h3-4,7,14H,2,5-6,8H2,1H3,(H,13,15). The van der Waals surface area contributed by atoms with Crippen molar-refractivity contribution in [1.29, 1.82) is 0 Å². The number of hydrogen-bond acceptors (Lipinski definition) is 5. The van der Waals surface area contributed by atoms with Crippen LogP contribution in [0.3, 0.4) is 0 Å². The van der Waals surface area contributed by atoms with Gasteiger partial charge in [0.25, 0.3) is 5.91 Å². The Morgan fingerprint density at radius 3 is 2.75 bits per heavy atom. The Labute approximate surface area is 117 Å². The van der Waals surface area contributed by atoms with Gasteiger partial charge >= 0.3 is 0 Å². The summed E-state index contributed by atoms with van der Waals surface area (Å²) >= 11 is 0. The summed E-state index contributed by atoms with van der Waals surface area (Å²) in [4.78, 5) is 11.9. The molecule has 2 rings (SSSR count). The van der Waals surface area contributed by atoms with Crippen molar-refractivity contribution in [3.05, 3.63) is 23.8 Å². The second-order valence-corrected chi connectivity index (χ2v) is 6.22. The number of carbonyl (C=O) groups excluding carboxylic acids is 1. The normalized spacial score (nSPS) is 13.2. The molecule has 0 atom stereocenters. The summed E-state index contributed by atoms with van der Waals surface area (Å²) in [5.41, 5.74) is 0.438. The van der Waals surface area contributed by atoms with E-state index in [0.29, 0.717) is 17.1 Å². The number of hydrogen-bond donors (Lipinski definition) is 2. The largest absolute Gasteiger partial charge is 0.454 e. The zero-order valence-corrected chi connectivity index (χ0v) is 11.8. The van der Waals surface area contributed by atoms with Gasteiger partial charge in [-0.05, 0) is 25.1 Å². The monoisotopic (exact) mass is 300 g/mol. The van der Waals surface area contributed by atoms with Gasteiger partial charge in [-0.1, -0.05) is 0 Å². The van der Waals surface area contributed by atoms with Gasteiger partial charge in [-0.3, -0.25) is 4.79 Å². The molecule has 0 saturated carbocycles. The van der Waals surface area contributed by atoms with Gasteiger partial charge in [-0.15, -0.1) is 0 Å². The maximum atomic E-state index is 11.9. The molecule has 2 N–H and O–H groups in total. The highest BCUT2D eigenvalue weighted by atomic mass is 32.2. The summed E-state index contributed by atoms with van der Waals surface area (Å²) in [5.74, 6) is 0.865. The topological polar surface area (TPSA) is 93.7 Å². The molecule has 1 aromatic rings. The first-order valence-electron chi connectivity index (χ1n) is 6.17. The molecule has 1 aromatic carbocycles. The van der Waals surface area contributed by atoms with Crippen molar-refractivity contribution in [2.75, 3.05) is 25.6 Å². The molecule has 8 heteroatoms. The van der Waals surface area contributed by atoms with Gasteiger partial charge in [0, 0.05) is 18.7 Å². The molecule has 0 spiro atoms. The second-order valence-electron chi connectivity index (χ2n) is 4.12. The number of fused-ring (bicyclic) bond motifs is 1. The lowest BCUT2D eigenvalue weighted by Crippen LogP contribution is -2.35. The summed E-state index contributed by atoms with van der Waals surface area (Å²) in [5, 5.41) is 2.62. The van der Waals surface area contributed by atoms with Crippen molar-refractivity contribution in [2.24, 2.45) is 0 Å². The molecule has 0 radical (unpaired) electrons. The first-order chi connectivity index (χ1) is 9.52. The second kappa shape index (κ2) is 6.10. The van der Waals surface area contributed by atoms with Crippen LogP contribution in [-0.4, -0.2) is 40.0 Å². The van der Waals surface area contributed by atoms with Crippen LogP contribution in [0.4, 0.5) is 0 Å². The van der Waals surface area contributed by atoms with Crippen molar-refractivity contribution < 1.29 is 22.7 Å². The van der Waals surface area contributed by atoms with Crippen LogP contribution >= 0.6 is 0 Å². The van der Waals surface area contributed by atoms with Gasteiger partial charge in [0.2, 0.25) is 16.8 Å². The number of rotatable bonds is 6. The first-order valence-corrected chi connectivity index (χ1v) is 7.82. The molecule has 0 aliphatic carbocycles. The third-order valence-corrected chi connectivity index (χ3v) is 4.15. The summed E-state index contributed by atoms with van der Waals surface area (Å²) in [6.45, 7) is 2.08. The van der Waals surface area contributed by atoms with Crippen LogP contribution in [0.25, 0.3) is 0 Å². The fourth-order valence-electron chi connectivity index (χ4n) is 1.62. The zero-order chi connectivity index (χ0) is 14.6. The Bertz CT molecular complexity index is 600. The lowest BCUT2D eigenvalue weighted by Gasteiger charge is -2.07. The van der Waals surface area contributed by atoms with Crippen LogP contribution in [0.5, 0.6) is 11.5 Å². The molecule has 0 fully saturated rings. The SMILES string of the molecule is CCS(=O)(=O)NCCNC(=O)c1ccc2c(c1)OCO2. The third kappa shape index (κ3) is 3.61. The molecular formula is C12H16N2O5S. The molecule has 1 aliphatic heterocycles. The Balaban J connectivity index is 1.83. The number of nitrogens with one attached hydrogen (secondary N) is 2. The maximum absolute atomic E-state index is 11.9. The van der Waals surface area contributed by atoms with E-state index >= 15 is 0 Å². The van der Waals surface area contributed by atoms with E-state index in [1.54, 1.807) is 25.1 Å². The molecular weight excluding hydrogens is 284 g/mol. The Kier molecular flexibility index (Phi) is 4.46. The highest BCUT2D eigenvalue weighted by Crippen LogP contribution is 2.32. The van der Waals surface area contributed by atoms with Gasteiger partial charge in [-0.25, -0.2) is 13.1 Å². The van der Waals surface area contributed by atoms with Crippen molar-refractivity contribution in [1.82, 2.24) is 10.0 Å². The molecule has 110 valence electrons. The van der Waals surface area contributed by atoms with Crippen molar-refractivity contribution in [3.63, 3.8) is 0 Å². The van der Waals surface area contributed by atoms with E-state index in [1.807, 2.05) is 0 Å². The van der Waals surface area contributed by atoms with Crippen LogP contribution < -0.4 is 19.5 Å². The number of ether oxygens (including phenoxy) is 2. The van der Waals surface area contributed by atoms with Crippen molar-refractivity contribution in [2.45, 2.75) is 6.92 Å². The predicted octanol–water partition coefficient (Wildman–Crippen LogP) is 0.0844. The molecule has 0 aromatic heterocycles. The van der Waals surface area contributed by atoms with Gasteiger partial charge in [-0.2, -0.15) is 0 Å². The van der Waals surface area contributed by atoms with Gasteiger partial charge in [0.15, 0.2) is 11.5 Å². The average molecular weight is 300 g/mol. The maximum Gasteiger partial charge on any atom is 0.251 e. The summed E-state index contributed by atoms with van der Waals surface area (Å²) in [6.07, 6.45) is 0. The number of sulfonamides is 1. The highest BCUT2D eigenvalue weighted by molar-refractivity contribution is 7.89. The number of amides is 1. The minimum Gasteiger partial charge on any atom is -0.454 e. The first kappa shape index (κ1) is 14.6. The fourth-order valence-corrected chi connectivity index (χ4v) is 2.24. The van der Waals surface area contributed by atoms with E-state index in [9.17, 15) is 13.2 Å². The van der Waals surface area contributed by atoms with Gasteiger partial charge < -0.3 is 14.8 Å². The van der Waals surface area contributed by atoms with E-state index in [2.05, 4.69) is 10.0 Å². The Morgan fingerprint density at radius 1 is 1.25 bits per heavy atom. The highest BCUT2D eigenvalue weighted by Gasteiger charge is 2.16. The van der Waals surface area contributed by atoms with Crippen LogP contribution in [0.15, 0.2) is 18.2 Å². The lowest BCUT2D eigenvalue weighted by atomic mass is 10.2. The Morgan fingerprint density at radius 2 is 2.00 bits per heavy atom. The van der Waals surface area contributed by atoms with E-state index in [0.717, 1.165) is 0 Å². The van der Waals surface area contributed by atoms with E-state index in [4.69, 9.17) is 9.47 Å². The van der Waals surface area contributed by atoms with E-state index < -0.39 is 10.0 Å². The lowest BCUT2D eigenvalue weighted by molar-refractivity contribution is 0.0954. The van der Waals surface area contributed by atoms with Crippen LogP contribution in [-0.2, 0) is 10.0 Å². The summed E-state index contributed by atoms with van der Waals surface area (Å²) in [7, 11) is -3.23. The predicted molar refractivity (Wildman–Crippen MR) is 72.4 cm³/mol. The molecule has 0 saturated heterocycles. The molecule has 0 unspecified atom stereocenters. The summed E-state index contributed by atoms with van der Waals surface area (Å²) in [6, 6.07) is 4.88. The molecule has 1 aliphatic rings. The van der Waals surface area contributed by atoms with Crippen molar-refractivity contribution >= 4 is 15.9 Å². The Hall–Kier alpha value is -1.80. The minimum absolute atomic E-state index is 0.0170. The third-order valence-electron chi connectivity index (χ3n) is 2.75.